The van der Waals surface area contributed by atoms with Crippen LogP contribution >= 0.6 is 0 Å². The Morgan fingerprint density at radius 3 is 1.95 bits per heavy atom. The average Bonchev–Trinajstić information content (AvgIpc) is 3.00. The van der Waals surface area contributed by atoms with E-state index in [-0.39, 0.29) is 0 Å². The fourth-order valence-corrected chi connectivity index (χ4v) is 6.01. The van der Waals surface area contributed by atoms with Gasteiger partial charge in [-0.15, -0.1) is 0 Å². The third kappa shape index (κ3) is 10.8. The number of nitrogens with one attached hydrogen (secondary N) is 1. The van der Waals surface area contributed by atoms with Crippen molar-refractivity contribution in [3.8, 4) is 5.75 Å². The number of likely N-dealkylation sites (N-methyl/N-ethyl adjacent to an activating group) is 1. The highest BCUT2D eigenvalue weighted by atomic mass is 16.3. The maximum absolute atomic E-state index is 9.69. The van der Waals surface area contributed by atoms with Gasteiger partial charge in [-0.25, -0.2) is 0 Å². The number of nitrogens with zero attached hydrogens (tertiary/aromatic N) is 1. The summed E-state index contributed by atoms with van der Waals surface area (Å²) in [6.45, 7) is 2.95. The van der Waals surface area contributed by atoms with Crippen LogP contribution in [0.5, 0.6) is 5.75 Å². The van der Waals surface area contributed by atoms with E-state index < -0.39 is 0 Å². The van der Waals surface area contributed by atoms with E-state index in [0.717, 1.165) is 32.5 Å². The van der Waals surface area contributed by atoms with Crippen LogP contribution in [0.3, 0.4) is 0 Å². The summed E-state index contributed by atoms with van der Waals surface area (Å²) in [6, 6.07) is 41.1. The first-order chi connectivity index (χ1) is 20.2. The number of unbranched alkanes of at least 4 members (excludes halogenated alkanes) is 2. The molecule has 41 heavy (non-hydrogen) atoms. The van der Waals surface area contributed by atoms with Crippen LogP contribution in [0.15, 0.2) is 115 Å². The van der Waals surface area contributed by atoms with E-state index in [4.69, 9.17) is 0 Å². The lowest BCUT2D eigenvalue weighted by Crippen LogP contribution is -2.36. The highest BCUT2D eigenvalue weighted by Gasteiger charge is 2.26. The minimum absolute atomic E-state index is 0.348. The molecule has 0 heterocycles. The smallest absolute Gasteiger partial charge is 0.115 e. The number of phenols is 1. The molecule has 3 nitrogen and oxygen atoms in total. The lowest BCUT2D eigenvalue weighted by Gasteiger charge is -2.36. The molecular weight excluding hydrogens is 500 g/mol. The summed E-state index contributed by atoms with van der Waals surface area (Å²) in [5, 5.41) is 13.3. The molecule has 0 aliphatic rings. The average molecular weight is 549 g/mol. The predicted octanol–water partition coefficient (Wildman–Crippen LogP) is 8.39. The molecule has 0 bridgehead atoms. The highest BCUT2D eigenvalue weighted by molar-refractivity contribution is 5.27. The van der Waals surface area contributed by atoms with Gasteiger partial charge in [0.2, 0.25) is 0 Å². The molecule has 0 amide bonds. The zero-order valence-corrected chi connectivity index (χ0v) is 24.8. The van der Waals surface area contributed by atoms with Crippen molar-refractivity contribution in [3.63, 3.8) is 0 Å². The number of aryl methyl sites for hydroxylation is 1. The molecule has 0 aromatic heterocycles. The second-order valence-electron chi connectivity index (χ2n) is 11.4. The number of phenolic OH excluding ortho intramolecular Hbond substituents is 1. The molecule has 0 aliphatic heterocycles. The fraction of sp³-hybridized carbons (Fsp3) is 0.368. The maximum atomic E-state index is 9.69. The predicted molar refractivity (Wildman–Crippen MR) is 173 cm³/mol. The highest BCUT2D eigenvalue weighted by Crippen LogP contribution is 2.32. The van der Waals surface area contributed by atoms with Crippen LogP contribution in [-0.2, 0) is 19.4 Å². The third-order valence-corrected chi connectivity index (χ3v) is 8.21. The van der Waals surface area contributed by atoms with Gasteiger partial charge in [-0.3, -0.25) is 4.90 Å². The minimum Gasteiger partial charge on any atom is -0.508 e. The van der Waals surface area contributed by atoms with Gasteiger partial charge in [0.25, 0.3) is 0 Å². The van der Waals surface area contributed by atoms with Gasteiger partial charge >= 0.3 is 0 Å². The van der Waals surface area contributed by atoms with E-state index >= 15 is 0 Å². The van der Waals surface area contributed by atoms with Gasteiger partial charge in [-0.2, -0.15) is 0 Å². The van der Waals surface area contributed by atoms with Crippen LogP contribution < -0.4 is 5.32 Å². The third-order valence-electron chi connectivity index (χ3n) is 8.21. The van der Waals surface area contributed by atoms with Crippen LogP contribution in [0.1, 0.15) is 66.7 Å². The Kier molecular flexibility index (Phi) is 13.0. The van der Waals surface area contributed by atoms with E-state index in [1.807, 2.05) is 12.1 Å². The number of benzene rings is 4. The second kappa shape index (κ2) is 17.4. The minimum atomic E-state index is 0.348. The van der Waals surface area contributed by atoms with Crippen molar-refractivity contribution in [1.82, 2.24) is 10.2 Å². The topological polar surface area (TPSA) is 35.5 Å². The van der Waals surface area contributed by atoms with Gasteiger partial charge in [0.1, 0.15) is 5.75 Å². The first-order valence-electron chi connectivity index (χ1n) is 15.5. The molecule has 0 saturated carbocycles. The SMILES string of the molecule is CN(Cc1ccccc1)C(CCCCc1ccccc1)C(CCCCNCCc1cccc(O)c1)c1ccccc1. The van der Waals surface area contributed by atoms with Crippen LogP contribution in [0.25, 0.3) is 0 Å². The van der Waals surface area contributed by atoms with Crippen LogP contribution in [-0.4, -0.2) is 36.2 Å². The zero-order valence-electron chi connectivity index (χ0n) is 24.8. The van der Waals surface area contributed by atoms with Crippen molar-refractivity contribution < 1.29 is 5.11 Å². The van der Waals surface area contributed by atoms with E-state index in [9.17, 15) is 5.11 Å². The molecule has 2 atom stereocenters. The summed E-state index contributed by atoms with van der Waals surface area (Å²) in [5.41, 5.74) is 5.47. The quantitative estimate of drug-likeness (QED) is 0.123. The molecule has 216 valence electrons. The zero-order chi connectivity index (χ0) is 28.5. The molecule has 4 rings (SSSR count). The first-order valence-corrected chi connectivity index (χ1v) is 15.5. The Balaban J connectivity index is 1.35. The van der Waals surface area contributed by atoms with Crippen molar-refractivity contribution in [2.24, 2.45) is 0 Å². The number of hydrogen-bond acceptors (Lipinski definition) is 3. The van der Waals surface area contributed by atoms with Gasteiger partial charge in [-0.05, 0) is 99.0 Å². The summed E-state index contributed by atoms with van der Waals surface area (Å²) in [6.07, 6.45) is 9.34. The van der Waals surface area contributed by atoms with Gasteiger partial charge in [0, 0.05) is 12.6 Å². The second-order valence-corrected chi connectivity index (χ2v) is 11.4. The molecule has 0 radical (unpaired) electrons. The largest absolute Gasteiger partial charge is 0.508 e. The molecule has 0 spiro atoms. The molecule has 0 aliphatic carbocycles. The molecule has 3 heteroatoms. The van der Waals surface area contributed by atoms with Gasteiger partial charge in [0.15, 0.2) is 0 Å². The van der Waals surface area contributed by atoms with E-state index in [1.165, 1.54) is 60.8 Å². The van der Waals surface area contributed by atoms with Gasteiger partial charge in [-0.1, -0.05) is 116 Å². The first kappa shape index (κ1) is 30.6. The van der Waals surface area contributed by atoms with Gasteiger partial charge in [0.05, 0.1) is 0 Å². The molecular formula is C38H48N2O. The molecule has 2 N–H and O–H groups in total. The Morgan fingerprint density at radius 1 is 0.610 bits per heavy atom. The normalized spacial score (nSPS) is 12.8. The van der Waals surface area contributed by atoms with Crippen molar-refractivity contribution in [3.05, 3.63) is 138 Å². The van der Waals surface area contributed by atoms with Crippen molar-refractivity contribution in [2.75, 3.05) is 20.1 Å². The van der Waals surface area contributed by atoms with E-state index in [1.54, 1.807) is 6.07 Å². The number of aromatic hydroxyl groups is 1. The molecule has 4 aromatic carbocycles. The van der Waals surface area contributed by atoms with Crippen molar-refractivity contribution in [2.45, 2.75) is 69.9 Å². The summed E-state index contributed by atoms with van der Waals surface area (Å²) >= 11 is 0. The summed E-state index contributed by atoms with van der Waals surface area (Å²) < 4.78 is 0. The van der Waals surface area contributed by atoms with Crippen LogP contribution in [0, 0.1) is 0 Å². The Bertz CT molecular complexity index is 1230. The maximum Gasteiger partial charge on any atom is 0.115 e. The molecule has 2 unspecified atom stereocenters. The van der Waals surface area contributed by atoms with Crippen molar-refractivity contribution in [1.29, 1.82) is 0 Å². The Labute approximate surface area is 248 Å². The number of rotatable bonds is 18. The summed E-state index contributed by atoms with van der Waals surface area (Å²) in [5.74, 6) is 0.857. The van der Waals surface area contributed by atoms with Gasteiger partial charge < -0.3 is 10.4 Å². The van der Waals surface area contributed by atoms with Crippen molar-refractivity contribution >= 4 is 0 Å². The van der Waals surface area contributed by atoms with Crippen LogP contribution in [0.2, 0.25) is 0 Å². The molecule has 0 fully saturated rings. The fourth-order valence-electron chi connectivity index (χ4n) is 6.01. The lowest BCUT2D eigenvalue weighted by molar-refractivity contribution is 0.180. The summed E-state index contributed by atoms with van der Waals surface area (Å²) in [7, 11) is 2.33. The van der Waals surface area contributed by atoms with E-state index in [0.29, 0.717) is 17.7 Å². The number of hydrogen-bond donors (Lipinski definition) is 2. The standard InChI is InChI=1S/C38H48N2O/c1-40(31-34-19-7-3-8-20-34)38(26-12-11-18-32-16-5-2-6-17-32)37(35-22-9-4-10-23-35)25-13-14-28-39-29-27-33-21-15-24-36(41)30-33/h2-10,15-17,19-24,30,37-39,41H,11-14,18,25-29,31H2,1H3. The van der Waals surface area contributed by atoms with Crippen LogP contribution in [0.4, 0.5) is 0 Å². The monoisotopic (exact) mass is 548 g/mol. The lowest BCUT2D eigenvalue weighted by atomic mass is 9.83. The summed E-state index contributed by atoms with van der Waals surface area (Å²) in [4.78, 5) is 2.61. The Hall–Kier alpha value is -3.40. The van der Waals surface area contributed by atoms with E-state index in [2.05, 4.69) is 114 Å². The molecule has 4 aromatic rings. The Morgan fingerprint density at radius 2 is 1.24 bits per heavy atom. The molecule has 0 saturated heterocycles.